The normalized spacial score (nSPS) is 10.5. The van der Waals surface area contributed by atoms with E-state index in [1.165, 1.54) is 5.56 Å². The van der Waals surface area contributed by atoms with Crippen molar-refractivity contribution in [2.45, 2.75) is 19.8 Å². The summed E-state index contributed by atoms with van der Waals surface area (Å²) in [4.78, 5) is 20.6. The van der Waals surface area contributed by atoms with Crippen LogP contribution in [0.5, 0.6) is 0 Å². The summed E-state index contributed by atoms with van der Waals surface area (Å²) < 4.78 is 5.64. The van der Waals surface area contributed by atoms with Crippen LogP contribution in [-0.2, 0) is 17.6 Å². The van der Waals surface area contributed by atoms with E-state index >= 15 is 0 Å². The Morgan fingerprint density at radius 2 is 2.00 bits per heavy atom. The molecule has 0 unspecified atom stereocenters. The van der Waals surface area contributed by atoms with Crippen molar-refractivity contribution < 1.29 is 9.21 Å². The van der Waals surface area contributed by atoms with E-state index in [1.54, 1.807) is 12.4 Å². The highest BCUT2D eigenvalue weighted by Crippen LogP contribution is 2.20. The van der Waals surface area contributed by atoms with Crippen LogP contribution in [-0.4, -0.2) is 22.4 Å². The Balaban J connectivity index is 1.56. The number of nitrogens with one attached hydrogen (secondary N) is 1. The van der Waals surface area contributed by atoms with Crippen molar-refractivity contribution in [3.05, 3.63) is 71.9 Å². The summed E-state index contributed by atoms with van der Waals surface area (Å²) in [5.74, 6) is 1.10. The highest BCUT2D eigenvalue weighted by molar-refractivity contribution is 5.78. The minimum atomic E-state index is -0.0555. The molecule has 0 atom stereocenters. The van der Waals surface area contributed by atoms with Crippen LogP contribution in [0.1, 0.15) is 17.0 Å². The molecule has 0 radical (unpaired) electrons. The second-order valence-electron chi connectivity index (χ2n) is 5.53. The molecule has 2 heterocycles. The molecule has 3 rings (SSSR count). The van der Waals surface area contributed by atoms with Gasteiger partial charge in [0.15, 0.2) is 0 Å². The number of carbonyl (C=O) groups excluding carboxylic acids is 1. The molecule has 1 N–H and O–H groups in total. The van der Waals surface area contributed by atoms with E-state index in [-0.39, 0.29) is 12.3 Å². The van der Waals surface area contributed by atoms with Gasteiger partial charge in [0, 0.05) is 18.9 Å². The van der Waals surface area contributed by atoms with Crippen LogP contribution in [0.15, 0.2) is 59.3 Å². The molecule has 24 heavy (non-hydrogen) atoms. The van der Waals surface area contributed by atoms with Crippen LogP contribution >= 0.6 is 0 Å². The molecule has 122 valence electrons. The average molecular weight is 321 g/mol. The molecule has 0 bridgehead atoms. The largest absolute Gasteiger partial charge is 0.441 e. The zero-order valence-corrected chi connectivity index (χ0v) is 13.5. The molecule has 0 saturated carbocycles. The minimum absolute atomic E-state index is 0.0555. The molecule has 1 aromatic carbocycles. The van der Waals surface area contributed by atoms with Gasteiger partial charge in [-0.3, -0.25) is 9.78 Å². The molecule has 3 aromatic rings. The molecular weight excluding hydrogens is 302 g/mol. The van der Waals surface area contributed by atoms with Crippen LogP contribution in [0.25, 0.3) is 11.5 Å². The van der Waals surface area contributed by atoms with Crippen molar-refractivity contribution in [3.63, 3.8) is 0 Å². The van der Waals surface area contributed by atoms with Crippen molar-refractivity contribution in [1.82, 2.24) is 15.3 Å². The van der Waals surface area contributed by atoms with Crippen molar-refractivity contribution >= 4 is 5.91 Å². The second kappa shape index (κ2) is 7.55. The van der Waals surface area contributed by atoms with Gasteiger partial charge in [0.2, 0.25) is 11.8 Å². The maximum atomic E-state index is 12.1. The van der Waals surface area contributed by atoms with Gasteiger partial charge in [-0.25, -0.2) is 4.98 Å². The van der Waals surface area contributed by atoms with Crippen LogP contribution in [0, 0.1) is 6.92 Å². The first-order chi connectivity index (χ1) is 11.7. The third-order valence-electron chi connectivity index (χ3n) is 3.71. The van der Waals surface area contributed by atoms with Gasteiger partial charge in [-0.1, -0.05) is 30.3 Å². The standard InChI is InChI=1S/C19H19N3O2/c1-14-17(22-19(24-14)16-8-5-10-20-13-16)12-18(23)21-11-9-15-6-3-2-4-7-15/h2-8,10,13H,9,11-12H2,1H3,(H,21,23). The Labute approximate surface area is 140 Å². The van der Waals surface area contributed by atoms with Crippen molar-refractivity contribution in [3.8, 4) is 11.5 Å². The topological polar surface area (TPSA) is 68.0 Å². The number of nitrogens with zero attached hydrogens (tertiary/aromatic N) is 2. The molecule has 5 nitrogen and oxygen atoms in total. The van der Waals surface area contributed by atoms with Crippen LogP contribution in [0.2, 0.25) is 0 Å². The minimum Gasteiger partial charge on any atom is -0.441 e. The van der Waals surface area contributed by atoms with Crippen LogP contribution < -0.4 is 5.32 Å². The lowest BCUT2D eigenvalue weighted by atomic mass is 10.1. The Kier molecular flexibility index (Phi) is 5.01. The third-order valence-corrected chi connectivity index (χ3v) is 3.71. The molecule has 0 fully saturated rings. The highest BCUT2D eigenvalue weighted by Gasteiger charge is 2.14. The highest BCUT2D eigenvalue weighted by atomic mass is 16.4. The van der Waals surface area contributed by atoms with Gasteiger partial charge < -0.3 is 9.73 Å². The maximum Gasteiger partial charge on any atom is 0.228 e. The fourth-order valence-electron chi connectivity index (χ4n) is 2.41. The number of hydrogen-bond acceptors (Lipinski definition) is 4. The predicted octanol–water partition coefficient (Wildman–Crippen LogP) is 2.95. The van der Waals surface area contributed by atoms with Gasteiger partial charge in [-0.05, 0) is 31.0 Å². The summed E-state index contributed by atoms with van der Waals surface area (Å²) in [5.41, 5.74) is 2.66. The van der Waals surface area contributed by atoms with Crippen LogP contribution in [0.3, 0.4) is 0 Å². The van der Waals surface area contributed by atoms with Gasteiger partial charge in [-0.15, -0.1) is 0 Å². The van der Waals surface area contributed by atoms with Gasteiger partial charge in [0.25, 0.3) is 0 Å². The summed E-state index contributed by atoms with van der Waals surface area (Å²) in [6, 6.07) is 13.8. The number of rotatable bonds is 6. The molecular formula is C19H19N3O2. The lowest BCUT2D eigenvalue weighted by Crippen LogP contribution is -2.27. The molecule has 0 spiro atoms. The molecule has 0 aliphatic heterocycles. The monoisotopic (exact) mass is 321 g/mol. The van der Waals surface area contributed by atoms with E-state index in [0.29, 0.717) is 23.9 Å². The zero-order chi connectivity index (χ0) is 16.8. The van der Waals surface area contributed by atoms with E-state index in [4.69, 9.17) is 4.42 Å². The molecule has 5 heteroatoms. The second-order valence-corrected chi connectivity index (χ2v) is 5.53. The van der Waals surface area contributed by atoms with Crippen LogP contribution in [0.4, 0.5) is 0 Å². The number of hydrogen-bond donors (Lipinski definition) is 1. The molecule has 0 saturated heterocycles. The van der Waals surface area contributed by atoms with E-state index in [2.05, 4.69) is 15.3 Å². The number of carbonyl (C=O) groups is 1. The van der Waals surface area contributed by atoms with Gasteiger partial charge in [0.05, 0.1) is 17.7 Å². The van der Waals surface area contributed by atoms with E-state index in [1.807, 2.05) is 49.4 Å². The van der Waals surface area contributed by atoms with Crippen molar-refractivity contribution in [2.24, 2.45) is 0 Å². The number of amides is 1. The summed E-state index contributed by atoms with van der Waals surface area (Å²) in [6.45, 7) is 2.43. The summed E-state index contributed by atoms with van der Waals surface area (Å²) in [5, 5.41) is 2.92. The Morgan fingerprint density at radius 1 is 1.17 bits per heavy atom. The first-order valence-electron chi connectivity index (χ1n) is 7.89. The molecule has 0 aliphatic rings. The number of aryl methyl sites for hydroxylation is 1. The maximum absolute atomic E-state index is 12.1. The number of aromatic nitrogens is 2. The van der Waals surface area contributed by atoms with Crippen molar-refractivity contribution in [1.29, 1.82) is 0 Å². The van der Waals surface area contributed by atoms with E-state index in [0.717, 1.165) is 12.0 Å². The molecule has 1 amide bonds. The SMILES string of the molecule is Cc1oc(-c2cccnc2)nc1CC(=O)NCCc1ccccc1. The number of benzene rings is 1. The fraction of sp³-hybridized carbons (Fsp3) is 0.211. The first-order valence-corrected chi connectivity index (χ1v) is 7.89. The lowest BCUT2D eigenvalue weighted by molar-refractivity contribution is -0.120. The molecule has 2 aromatic heterocycles. The van der Waals surface area contributed by atoms with E-state index in [9.17, 15) is 4.79 Å². The predicted molar refractivity (Wildman–Crippen MR) is 91.3 cm³/mol. The Bertz CT molecular complexity index is 798. The Hall–Kier alpha value is -2.95. The summed E-state index contributed by atoms with van der Waals surface area (Å²) >= 11 is 0. The summed E-state index contributed by atoms with van der Waals surface area (Å²) in [7, 11) is 0. The fourth-order valence-corrected chi connectivity index (χ4v) is 2.41. The lowest BCUT2D eigenvalue weighted by Gasteiger charge is -2.04. The summed E-state index contributed by atoms with van der Waals surface area (Å²) in [6.07, 6.45) is 4.41. The van der Waals surface area contributed by atoms with Gasteiger partial charge in [0.1, 0.15) is 5.76 Å². The first kappa shape index (κ1) is 15.9. The number of oxazole rings is 1. The van der Waals surface area contributed by atoms with E-state index < -0.39 is 0 Å². The number of pyridine rings is 1. The zero-order valence-electron chi connectivity index (χ0n) is 13.5. The average Bonchev–Trinajstić information content (AvgIpc) is 2.97. The van der Waals surface area contributed by atoms with Crippen molar-refractivity contribution in [2.75, 3.05) is 6.54 Å². The van der Waals surface area contributed by atoms with Gasteiger partial charge >= 0.3 is 0 Å². The van der Waals surface area contributed by atoms with Gasteiger partial charge in [-0.2, -0.15) is 0 Å². The quantitative estimate of drug-likeness (QED) is 0.758. The Morgan fingerprint density at radius 3 is 2.75 bits per heavy atom. The third kappa shape index (κ3) is 4.07. The molecule has 0 aliphatic carbocycles. The smallest absolute Gasteiger partial charge is 0.228 e.